The number of aromatic nitrogens is 2. The van der Waals surface area contributed by atoms with E-state index in [9.17, 15) is 0 Å². The number of hydrogen-bond donors (Lipinski definition) is 0. The van der Waals surface area contributed by atoms with Crippen LogP contribution in [0.5, 0.6) is 0 Å². The zero-order chi connectivity index (χ0) is 17.3. The van der Waals surface area contributed by atoms with E-state index in [2.05, 4.69) is 69.4 Å². The predicted octanol–water partition coefficient (Wildman–Crippen LogP) is 3.97. The second-order valence-electron chi connectivity index (χ2n) is 8.23. The zero-order valence-electron chi connectivity index (χ0n) is 16.1. The summed E-state index contributed by atoms with van der Waals surface area (Å²) in [7, 11) is 0. The van der Waals surface area contributed by atoms with Gasteiger partial charge in [-0.25, -0.2) is 9.13 Å². The molecule has 1 rings (SSSR count). The monoisotopic (exact) mass is 325 g/mol. The van der Waals surface area contributed by atoms with Crippen LogP contribution in [0.1, 0.15) is 67.2 Å². The number of unbranched alkanes of at least 4 members (excludes halogenated alkanes) is 2. The molecule has 0 radical (unpaired) electrons. The van der Waals surface area contributed by atoms with Crippen LogP contribution in [0.25, 0.3) is 0 Å². The Balaban J connectivity index is 2.10. The Bertz CT molecular complexity index is 389. The van der Waals surface area contributed by atoms with Crippen molar-refractivity contribution in [2.75, 3.05) is 13.2 Å². The minimum Gasteiger partial charge on any atom is -0.376 e. The van der Waals surface area contributed by atoms with Gasteiger partial charge in [0, 0.05) is 13.2 Å². The normalized spacial score (nSPS) is 12.8. The molecule has 1 heterocycles. The van der Waals surface area contributed by atoms with Crippen molar-refractivity contribution in [1.29, 1.82) is 0 Å². The molecule has 0 bridgehead atoms. The van der Waals surface area contributed by atoms with Crippen LogP contribution < -0.4 is 4.57 Å². The van der Waals surface area contributed by atoms with Gasteiger partial charge < -0.3 is 9.47 Å². The van der Waals surface area contributed by atoms with Gasteiger partial charge in [0.2, 0.25) is 6.33 Å². The second-order valence-corrected chi connectivity index (χ2v) is 8.23. The number of hydrogen-bond acceptors (Lipinski definition) is 2. The first kappa shape index (κ1) is 20.2. The fraction of sp³-hybridized carbons (Fsp3) is 0.842. The predicted molar refractivity (Wildman–Crippen MR) is 94.5 cm³/mol. The van der Waals surface area contributed by atoms with Gasteiger partial charge in [0.15, 0.2) is 0 Å². The third kappa shape index (κ3) is 11.3. The van der Waals surface area contributed by atoms with E-state index in [0.717, 1.165) is 52.0 Å². The van der Waals surface area contributed by atoms with E-state index < -0.39 is 0 Å². The van der Waals surface area contributed by atoms with Crippen molar-refractivity contribution < 1.29 is 14.0 Å². The van der Waals surface area contributed by atoms with Crippen molar-refractivity contribution in [1.82, 2.24) is 4.57 Å². The Morgan fingerprint density at radius 2 is 1.39 bits per heavy atom. The van der Waals surface area contributed by atoms with Crippen molar-refractivity contribution in [2.45, 2.75) is 91.5 Å². The molecule has 0 fully saturated rings. The SMILES string of the molecule is CC(C)(C)OCCCCn1cc[n+](CCCCOC(C)(C)C)c1. The van der Waals surface area contributed by atoms with Gasteiger partial charge in [0.1, 0.15) is 12.4 Å². The number of imidazole rings is 1. The van der Waals surface area contributed by atoms with E-state index in [1.165, 1.54) is 0 Å². The molecule has 0 saturated heterocycles. The summed E-state index contributed by atoms with van der Waals surface area (Å²) in [5, 5.41) is 0. The van der Waals surface area contributed by atoms with Gasteiger partial charge in [-0.15, -0.1) is 0 Å². The Labute approximate surface area is 142 Å². The molecule has 0 aliphatic carbocycles. The Kier molecular flexibility index (Phi) is 8.27. The molecule has 0 N–H and O–H groups in total. The summed E-state index contributed by atoms with van der Waals surface area (Å²) in [6.45, 7) is 16.5. The van der Waals surface area contributed by atoms with Gasteiger partial charge in [-0.05, 0) is 67.2 Å². The van der Waals surface area contributed by atoms with Gasteiger partial charge in [0.05, 0.1) is 24.3 Å². The van der Waals surface area contributed by atoms with Crippen LogP contribution in [0.3, 0.4) is 0 Å². The van der Waals surface area contributed by atoms with Crippen LogP contribution in [0.15, 0.2) is 18.7 Å². The molecular formula is C19H37N2O2+. The lowest BCUT2D eigenvalue weighted by Gasteiger charge is -2.19. The van der Waals surface area contributed by atoms with E-state index in [1.807, 2.05) is 0 Å². The maximum absolute atomic E-state index is 5.75. The first-order chi connectivity index (χ1) is 10.7. The molecule has 134 valence electrons. The summed E-state index contributed by atoms with van der Waals surface area (Å²) >= 11 is 0. The minimum absolute atomic E-state index is 0.0207. The largest absolute Gasteiger partial charge is 0.376 e. The zero-order valence-corrected chi connectivity index (χ0v) is 16.1. The quantitative estimate of drug-likeness (QED) is 0.481. The van der Waals surface area contributed by atoms with Crippen LogP contribution in [-0.2, 0) is 22.6 Å². The molecule has 0 spiro atoms. The van der Waals surface area contributed by atoms with Crippen molar-refractivity contribution in [3.05, 3.63) is 18.7 Å². The molecule has 0 aliphatic heterocycles. The molecule has 0 atom stereocenters. The number of ether oxygens (including phenoxy) is 2. The Hall–Kier alpha value is -0.870. The van der Waals surface area contributed by atoms with Crippen LogP contribution in [0.2, 0.25) is 0 Å². The third-order valence-corrected chi connectivity index (χ3v) is 3.44. The maximum Gasteiger partial charge on any atom is 0.243 e. The lowest BCUT2D eigenvalue weighted by molar-refractivity contribution is -0.697. The highest BCUT2D eigenvalue weighted by molar-refractivity contribution is 4.66. The molecule has 0 saturated carbocycles. The van der Waals surface area contributed by atoms with Crippen molar-refractivity contribution in [3.63, 3.8) is 0 Å². The van der Waals surface area contributed by atoms with E-state index >= 15 is 0 Å². The summed E-state index contributed by atoms with van der Waals surface area (Å²) in [5.74, 6) is 0. The van der Waals surface area contributed by atoms with E-state index in [4.69, 9.17) is 9.47 Å². The van der Waals surface area contributed by atoms with Crippen LogP contribution in [0.4, 0.5) is 0 Å². The highest BCUT2D eigenvalue weighted by Crippen LogP contribution is 2.08. The highest BCUT2D eigenvalue weighted by Gasteiger charge is 2.10. The topological polar surface area (TPSA) is 27.3 Å². The molecule has 4 nitrogen and oxygen atoms in total. The van der Waals surface area contributed by atoms with E-state index in [1.54, 1.807) is 0 Å². The van der Waals surface area contributed by atoms with Crippen molar-refractivity contribution in [2.24, 2.45) is 0 Å². The van der Waals surface area contributed by atoms with E-state index in [-0.39, 0.29) is 11.2 Å². The summed E-state index contributed by atoms with van der Waals surface area (Å²) in [4.78, 5) is 0. The van der Waals surface area contributed by atoms with Gasteiger partial charge in [-0.2, -0.15) is 0 Å². The molecule has 0 unspecified atom stereocenters. The average Bonchev–Trinajstić information content (AvgIpc) is 2.83. The first-order valence-electron chi connectivity index (χ1n) is 8.98. The summed E-state index contributed by atoms with van der Waals surface area (Å²) in [6.07, 6.45) is 11.1. The molecule has 0 aromatic carbocycles. The molecule has 1 aromatic heterocycles. The lowest BCUT2D eigenvalue weighted by Crippen LogP contribution is -2.31. The first-order valence-corrected chi connectivity index (χ1v) is 8.98. The Morgan fingerprint density at radius 1 is 0.826 bits per heavy atom. The number of nitrogens with zero attached hydrogens (tertiary/aromatic N) is 2. The molecule has 0 aliphatic rings. The second kappa shape index (κ2) is 9.43. The third-order valence-electron chi connectivity index (χ3n) is 3.44. The fourth-order valence-electron chi connectivity index (χ4n) is 2.25. The van der Waals surface area contributed by atoms with Gasteiger partial charge in [0.25, 0.3) is 0 Å². The minimum atomic E-state index is -0.0207. The standard InChI is InChI=1S/C19H37N2O2/c1-18(2,3)22-15-9-7-11-20-13-14-21(17-20)12-8-10-16-23-19(4,5)6/h13-14,17H,7-12,15-16H2,1-6H3/q+1. The molecule has 4 heteroatoms. The average molecular weight is 326 g/mol. The summed E-state index contributed by atoms with van der Waals surface area (Å²) < 4.78 is 16.0. The van der Waals surface area contributed by atoms with E-state index in [0.29, 0.717) is 0 Å². The molecular weight excluding hydrogens is 288 g/mol. The van der Waals surface area contributed by atoms with Gasteiger partial charge in [-0.1, -0.05) is 0 Å². The van der Waals surface area contributed by atoms with Crippen LogP contribution in [0, 0.1) is 0 Å². The van der Waals surface area contributed by atoms with Gasteiger partial charge in [-0.3, -0.25) is 0 Å². The molecule has 0 amide bonds. The summed E-state index contributed by atoms with van der Waals surface area (Å²) in [6, 6.07) is 0. The van der Waals surface area contributed by atoms with Gasteiger partial charge >= 0.3 is 0 Å². The van der Waals surface area contributed by atoms with Crippen LogP contribution in [-0.4, -0.2) is 29.0 Å². The molecule has 1 aromatic rings. The summed E-state index contributed by atoms with van der Waals surface area (Å²) in [5.41, 5.74) is -0.0413. The number of rotatable bonds is 10. The van der Waals surface area contributed by atoms with Crippen molar-refractivity contribution >= 4 is 0 Å². The maximum atomic E-state index is 5.75. The smallest absolute Gasteiger partial charge is 0.243 e. The lowest BCUT2D eigenvalue weighted by atomic mass is 10.2. The molecule has 23 heavy (non-hydrogen) atoms. The number of aryl methyl sites for hydroxylation is 2. The van der Waals surface area contributed by atoms with Crippen LogP contribution >= 0.6 is 0 Å². The van der Waals surface area contributed by atoms with Crippen molar-refractivity contribution in [3.8, 4) is 0 Å². The fourth-order valence-corrected chi connectivity index (χ4v) is 2.25. The highest BCUT2D eigenvalue weighted by atomic mass is 16.5. The Morgan fingerprint density at radius 3 is 1.96 bits per heavy atom.